The van der Waals surface area contributed by atoms with Gasteiger partial charge in [-0.2, -0.15) is 0 Å². The van der Waals surface area contributed by atoms with Gasteiger partial charge in [0.25, 0.3) is 5.91 Å². The van der Waals surface area contributed by atoms with Gasteiger partial charge in [-0.15, -0.1) is 0 Å². The van der Waals surface area contributed by atoms with E-state index in [2.05, 4.69) is 22.2 Å². The molecule has 1 aromatic rings. The lowest BCUT2D eigenvalue weighted by Gasteiger charge is -2.33. The van der Waals surface area contributed by atoms with Crippen LogP contribution in [0.3, 0.4) is 0 Å². The maximum Gasteiger partial charge on any atom is 0.268 e. The summed E-state index contributed by atoms with van der Waals surface area (Å²) in [6, 6.07) is 7.32. The predicted octanol–water partition coefficient (Wildman–Crippen LogP) is 0.554. The third kappa shape index (κ3) is 4.53. The summed E-state index contributed by atoms with van der Waals surface area (Å²) in [6.07, 6.45) is 0.342. The molecule has 0 aliphatic carbocycles. The molecule has 1 aromatic carbocycles. The topological polar surface area (TPSA) is 65.1 Å². The largest absolute Gasteiger partial charge is 0.479 e. The molecule has 2 heterocycles. The first kappa shape index (κ1) is 18.7. The zero-order valence-corrected chi connectivity index (χ0v) is 15.6. The molecule has 7 heteroatoms. The summed E-state index contributed by atoms with van der Waals surface area (Å²) in [5.74, 6) is 0.319. The molecule has 1 atom stereocenters. The molecule has 142 valence electrons. The maximum absolute atomic E-state index is 12.4. The lowest BCUT2D eigenvalue weighted by atomic mass is 10.2. The molecule has 1 saturated heterocycles. The second-order valence-electron chi connectivity index (χ2n) is 7.00. The normalized spacial score (nSPS) is 21.2. The van der Waals surface area contributed by atoms with Crippen molar-refractivity contribution in [2.24, 2.45) is 0 Å². The number of anilines is 1. The van der Waals surface area contributed by atoms with Crippen molar-refractivity contribution in [1.29, 1.82) is 0 Å². The SMILES string of the molecule is CC1Oc2ccccc2N(CC(=O)NCCCN2CCN(C)CC2)C1=O. The summed E-state index contributed by atoms with van der Waals surface area (Å²) < 4.78 is 5.60. The van der Waals surface area contributed by atoms with Crippen LogP contribution in [-0.4, -0.2) is 80.6 Å². The number of amides is 2. The van der Waals surface area contributed by atoms with E-state index in [1.807, 2.05) is 18.2 Å². The summed E-state index contributed by atoms with van der Waals surface area (Å²) in [6.45, 7) is 7.72. The van der Waals surface area contributed by atoms with Crippen LogP contribution in [0.1, 0.15) is 13.3 Å². The molecule has 0 spiro atoms. The number of hydrogen-bond donors (Lipinski definition) is 1. The summed E-state index contributed by atoms with van der Waals surface area (Å²) in [4.78, 5) is 31.0. The number of carbonyl (C=O) groups excluding carboxylic acids is 2. The summed E-state index contributed by atoms with van der Waals surface area (Å²) >= 11 is 0. The van der Waals surface area contributed by atoms with E-state index in [4.69, 9.17) is 4.74 Å². The molecule has 2 aliphatic rings. The van der Waals surface area contributed by atoms with E-state index in [9.17, 15) is 9.59 Å². The molecule has 0 aromatic heterocycles. The van der Waals surface area contributed by atoms with E-state index in [-0.39, 0.29) is 18.4 Å². The monoisotopic (exact) mass is 360 g/mol. The Morgan fingerprint density at radius 3 is 2.73 bits per heavy atom. The first-order chi connectivity index (χ1) is 12.5. The highest BCUT2D eigenvalue weighted by atomic mass is 16.5. The van der Waals surface area contributed by atoms with Gasteiger partial charge < -0.3 is 19.9 Å². The van der Waals surface area contributed by atoms with E-state index in [0.717, 1.165) is 39.1 Å². The number of para-hydroxylation sites is 2. The molecule has 0 radical (unpaired) electrons. The van der Waals surface area contributed by atoms with E-state index < -0.39 is 6.10 Å². The van der Waals surface area contributed by atoms with Crippen LogP contribution < -0.4 is 15.0 Å². The summed E-state index contributed by atoms with van der Waals surface area (Å²) in [5, 5.41) is 2.93. The summed E-state index contributed by atoms with van der Waals surface area (Å²) in [7, 11) is 2.14. The summed E-state index contributed by atoms with van der Waals surface area (Å²) in [5.41, 5.74) is 0.656. The molecule has 0 bridgehead atoms. The van der Waals surface area contributed by atoms with Crippen molar-refractivity contribution in [3.8, 4) is 5.75 Å². The van der Waals surface area contributed by atoms with Crippen molar-refractivity contribution in [2.75, 3.05) is 57.8 Å². The zero-order valence-electron chi connectivity index (χ0n) is 15.6. The average Bonchev–Trinajstić information content (AvgIpc) is 2.64. The van der Waals surface area contributed by atoms with Crippen LogP contribution in [0.15, 0.2) is 24.3 Å². The van der Waals surface area contributed by atoms with Crippen LogP contribution in [0.2, 0.25) is 0 Å². The Bertz CT molecular complexity index is 643. The molecule has 0 saturated carbocycles. The van der Waals surface area contributed by atoms with Gasteiger partial charge in [-0.05, 0) is 39.1 Å². The van der Waals surface area contributed by atoms with Crippen LogP contribution >= 0.6 is 0 Å². The standard InChI is InChI=1S/C19H28N4O3/c1-15-19(25)23(16-6-3-4-7-17(16)26-15)14-18(24)20-8-5-9-22-12-10-21(2)11-13-22/h3-4,6-7,15H,5,8-14H2,1-2H3,(H,20,24). The van der Waals surface area contributed by atoms with Crippen molar-refractivity contribution in [1.82, 2.24) is 15.1 Å². The van der Waals surface area contributed by atoms with Gasteiger partial charge in [0.05, 0.1) is 5.69 Å². The number of fused-ring (bicyclic) bond motifs is 1. The van der Waals surface area contributed by atoms with Crippen molar-refractivity contribution >= 4 is 17.5 Å². The van der Waals surface area contributed by atoms with Gasteiger partial charge in [0.15, 0.2) is 6.10 Å². The Morgan fingerprint density at radius 2 is 1.96 bits per heavy atom. The number of benzene rings is 1. The number of rotatable bonds is 6. The predicted molar refractivity (Wildman–Crippen MR) is 100 cm³/mol. The number of carbonyl (C=O) groups is 2. The molecule has 26 heavy (non-hydrogen) atoms. The van der Waals surface area contributed by atoms with Gasteiger partial charge in [-0.1, -0.05) is 12.1 Å². The lowest BCUT2D eigenvalue weighted by Crippen LogP contribution is -2.49. The third-order valence-electron chi connectivity index (χ3n) is 4.94. The number of nitrogens with one attached hydrogen (secondary N) is 1. The van der Waals surface area contributed by atoms with Gasteiger partial charge in [0.1, 0.15) is 12.3 Å². The van der Waals surface area contributed by atoms with Gasteiger partial charge in [-0.3, -0.25) is 14.5 Å². The Kier molecular flexibility index (Phi) is 6.11. The van der Waals surface area contributed by atoms with Crippen molar-refractivity contribution in [3.63, 3.8) is 0 Å². The first-order valence-electron chi connectivity index (χ1n) is 9.29. The quantitative estimate of drug-likeness (QED) is 0.751. The Hall–Kier alpha value is -2.12. The minimum Gasteiger partial charge on any atom is -0.479 e. The highest BCUT2D eigenvalue weighted by Gasteiger charge is 2.32. The number of hydrogen-bond acceptors (Lipinski definition) is 5. The van der Waals surface area contributed by atoms with Crippen molar-refractivity contribution in [3.05, 3.63) is 24.3 Å². The van der Waals surface area contributed by atoms with E-state index in [0.29, 0.717) is 18.0 Å². The van der Waals surface area contributed by atoms with E-state index in [1.54, 1.807) is 13.0 Å². The molecule has 1 N–H and O–H groups in total. The number of likely N-dealkylation sites (N-methyl/N-ethyl adjacent to an activating group) is 1. The van der Waals surface area contributed by atoms with E-state index >= 15 is 0 Å². The van der Waals surface area contributed by atoms with Gasteiger partial charge in [0, 0.05) is 32.7 Å². The minimum atomic E-state index is -0.574. The van der Waals surface area contributed by atoms with Crippen LogP contribution in [0.5, 0.6) is 5.75 Å². The molecular weight excluding hydrogens is 332 g/mol. The van der Waals surface area contributed by atoms with E-state index in [1.165, 1.54) is 4.90 Å². The minimum absolute atomic E-state index is 0.0258. The highest BCUT2D eigenvalue weighted by molar-refractivity contribution is 6.03. The van der Waals surface area contributed by atoms with Gasteiger partial charge in [0.2, 0.25) is 5.91 Å². The van der Waals surface area contributed by atoms with Crippen LogP contribution in [0.4, 0.5) is 5.69 Å². The molecule has 2 aliphatic heterocycles. The second-order valence-corrected chi connectivity index (χ2v) is 7.00. The van der Waals surface area contributed by atoms with Crippen molar-refractivity contribution in [2.45, 2.75) is 19.4 Å². The molecule has 1 fully saturated rings. The molecule has 1 unspecified atom stereocenters. The Morgan fingerprint density at radius 1 is 1.23 bits per heavy atom. The van der Waals surface area contributed by atoms with Gasteiger partial charge >= 0.3 is 0 Å². The fourth-order valence-electron chi connectivity index (χ4n) is 3.32. The smallest absolute Gasteiger partial charge is 0.268 e. The maximum atomic E-state index is 12.4. The van der Waals surface area contributed by atoms with Gasteiger partial charge in [-0.25, -0.2) is 0 Å². The Labute approximate surface area is 154 Å². The number of ether oxygens (including phenoxy) is 1. The van der Waals surface area contributed by atoms with Crippen LogP contribution in [-0.2, 0) is 9.59 Å². The number of nitrogens with zero attached hydrogens (tertiary/aromatic N) is 3. The number of piperazine rings is 1. The fourth-order valence-corrected chi connectivity index (χ4v) is 3.32. The fraction of sp³-hybridized carbons (Fsp3) is 0.579. The van der Waals surface area contributed by atoms with Crippen LogP contribution in [0.25, 0.3) is 0 Å². The molecule has 2 amide bonds. The lowest BCUT2D eigenvalue weighted by molar-refractivity contribution is -0.128. The van der Waals surface area contributed by atoms with Crippen LogP contribution in [0, 0.1) is 0 Å². The first-order valence-corrected chi connectivity index (χ1v) is 9.29. The molecule has 3 rings (SSSR count). The highest BCUT2D eigenvalue weighted by Crippen LogP contribution is 2.33. The Balaban J connectivity index is 1.45. The van der Waals surface area contributed by atoms with Crippen molar-refractivity contribution < 1.29 is 14.3 Å². The third-order valence-corrected chi connectivity index (χ3v) is 4.94. The average molecular weight is 360 g/mol. The zero-order chi connectivity index (χ0) is 18.5. The second kappa shape index (κ2) is 8.51. The molecule has 7 nitrogen and oxygen atoms in total. The molecular formula is C19H28N4O3.